The van der Waals surface area contributed by atoms with Crippen molar-refractivity contribution in [3.63, 3.8) is 0 Å². The zero-order valence-electron chi connectivity index (χ0n) is 23.5. The highest BCUT2D eigenvalue weighted by Gasteiger charge is 2.21. The maximum absolute atomic E-state index is 14.3. The van der Waals surface area contributed by atoms with E-state index in [0.29, 0.717) is 5.31 Å². The van der Waals surface area contributed by atoms with Gasteiger partial charge in [0.2, 0.25) is 0 Å². The van der Waals surface area contributed by atoms with Crippen LogP contribution in [0.2, 0.25) is 5.75 Å². The van der Waals surface area contributed by atoms with E-state index in [1.54, 1.807) is 6.07 Å². The molecule has 1 saturated heterocycles. The lowest BCUT2D eigenvalue weighted by Gasteiger charge is -2.32. The molecule has 3 aromatic rings. The molecule has 1 unspecified atom stereocenters. The maximum atomic E-state index is 14.3. The summed E-state index contributed by atoms with van der Waals surface area (Å²) in [5.74, 6) is -1.26. The van der Waals surface area contributed by atoms with Gasteiger partial charge in [-0.05, 0) is 42.9 Å². The van der Waals surface area contributed by atoms with Gasteiger partial charge in [-0.2, -0.15) is 5.26 Å². The Bertz CT molecular complexity index is 1430. The number of aryl methyl sites for hydroxylation is 1. The molecular formula is C20H19ClFN5S. The fraction of sp³-hybridized carbons (Fsp3) is 0.350. The number of benzene rings is 1. The van der Waals surface area contributed by atoms with E-state index < -0.39 is 55.8 Å². The second-order valence-electron chi connectivity index (χ2n) is 5.93. The molecule has 0 aliphatic carbocycles. The molecule has 2 aromatic heterocycles. The first-order valence-corrected chi connectivity index (χ1v) is 9.33. The van der Waals surface area contributed by atoms with Crippen LogP contribution >= 0.6 is 22.9 Å². The molecule has 1 aromatic carbocycles. The number of fused-ring (bicyclic) bond motifs is 1. The molecule has 0 radical (unpaired) electrons. The van der Waals surface area contributed by atoms with Crippen molar-refractivity contribution in [3.8, 4) is 6.07 Å². The number of thiophene rings is 1. The third-order valence-corrected chi connectivity index (χ3v) is 5.07. The molecule has 8 heteroatoms. The molecule has 1 fully saturated rings. The number of piperidine rings is 1. The van der Waals surface area contributed by atoms with Crippen LogP contribution in [0.4, 0.5) is 10.2 Å². The van der Waals surface area contributed by atoms with Crippen molar-refractivity contribution in [2.75, 3.05) is 18.4 Å². The molecule has 3 heterocycles. The quantitative estimate of drug-likeness (QED) is 0.655. The largest absolute Gasteiger partial charge is 0.367 e. The second-order valence-corrected chi connectivity index (χ2v) is 7.54. The van der Waals surface area contributed by atoms with Crippen LogP contribution in [0.3, 0.4) is 0 Å². The molecule has 4 rings (SSSR count). The van der Waals surface area contributed by atoms with E-state index in [4.69, 9.17) is 24.0 Å². The zero-order valence-corrected chi connectivity index (χ0v) is 16.1. The van der Waals surface area contributed by atoms with E-state index >= 15 is 0 Å². The van der Waals surface area contributed by atoms with Crippen LogP contribution in [0.1, 0.15) is 40.4 Å². The third kappa shape index (κ3) is 3.95. The number of hydrogen-bond donors (Lipinski definition) is 1. The van der Waals surface area contributed by atoms with E-state index in [1.807, 2.05) is 0 Å². The summed E-state index contributed by atoms with van der Waals surface area (Å²) < 4.78 is 91.5. The summed E-state index contributed by atoms with van der Waals surface area (Å²) in [4.78, 5) is 9.20. The first kappa shape index (κ1) is 11.1. The topological polar surface area (TPSA) is 64.8 Å². The minimum Gasteiger partial charge on any atom is -0.367 e. The standard InChI is InChI=1S/C20H19ClFN5S/c1-12-6-13(7-14(9-23)18(12)22)10-27-4-2-15(3-5-27)26-19-16-8-17(21)28-20(16)25-11-24-19/h6-8,11,15H,2-5,10H2,1H3,(H,24,25,26)/i2D2,3D2,7D,8D,10D,15D/hD. The monoisotopic (exact) mass is 424 g/mol. The molecule has 0 amide bonds. The van der Waals surface area contributed by atoms with Crippen LogP contribution in [0.5, 0.6) is 0 Å². The summed E-state index contributed by atoms with van der Waals surface area (Å²) in [7, 11) is 0. The Morgan fingerprint density at radius 2 is 2.36 bits per heavy atom. The van der Waals surface area contributed by atoms with Crippen LogP contribution in [-0.2, 0) is 6.52 Å². The van der Waals surface area contributed by atoms with E-state index in [0.717, 1.165) is 22.6 Å². The van der Waals surface area contributed by atoms with E-state index in [2.05, 4.69) is 9.97 Å². The minimum atomic E-state index is -2.90. The predicted molar refractivity (Wildman–Crippen MR) is 110 cm³/mol. The highest BCUT2D eigenvalue weighted by atomic mass is 35.5. The Kier molecular flexibility index (Phi) is 3.16. The molecule has 5 nitrogen and oxygen atoms in total. The molecule has 0 saturated carbocycles. The highest BCUT2D eigenvalue weighted by molar-refractivity contribution is 7.22. The number of nitriles is 1. The van der Waals surface area contributed by atoms with Gasteiger partial charge in [-0.1, -0.05) is 17.7 Å². The van der Waals surface area contributed by atoms with Gasteiger partial charge in [0.15, 0.2) is 1.41 Å². The molecule has 144 valence electrons. The molecule has 1 aliphatic rings. The number of aromatic nitrogens is 2. The van der Waals surface area contributed by atoms with Gasteiger partial charge in [0.05, 0.1) is 19.4 Å². The Morgan fingerprint density at radius 3 is 3.11 bits per heavy atom. The Labute approximate surface area is 184 Å². The lowest BCUT2D eigenvalue weighted by atomic mass is 10.0. The van der Waals surface area contributed by atoms with Gasteiger partial charge in [-0.3, -0.25) is 4.90 Å². The van der Waals surface area contributed by atoms with E-state index in [1.165, 1.54) is 13.0 Å². The van der Waals surface area contributed by atoms with Gasteiger partial charge >= 0.3 is 0 Å². The van der Waals surface area contributed by atoms with Crippen LogP contribution in [-0.4, -0.2) is 34.0 Å². The fourth-order valence-electron chi connectivity index (χ4n) is 2.66. The van der Waals surface area contributed by atoms with Crippen molar-refractivity contribution in [2.45, 2.75) is 32.2 Å². The lowest BCUT2D eigenvalue weighted by molar-refractivity contribution is 0.211. The predicted octanol–water partition coefficient (Wildman–Crippen LogP) is 4.74. The Hall–Kier alpha value is -2.27. The van der Waals surface area contributed by atoms with Gasteiger partial charge in [-0.25, -0.2) is 14.4 Å². The van der Waals surface area contributed by atoms with Crippen LogP contribution in [0.15, 0.2) is 24.5 Å². The number of likely N-dealkylation sites (tertiary alicyclic amines) is 1. The van der Waals surface area contributed by atoms with Gasteiger partial charge in [0.25, 0.3) is 0 Å². The summed E-state index contributed by atoms with van der Waals surface area (Å²) in [6.07, 6.45) is -4.55. The Balaban J connectivity index is 1.77. The number of halogens is 2. The number of rotatable bonds is 4. The van der Waals surface area contributed by atoms with Crippen LogP contribution < -0.4 is 5.31 Å². The zero-order chi connectivity index (χ0) is 27.7. The van der Waals surface area contributed by atoms with Crippen LogP contribution in [0, 0.1) is 24.1 Å². The molecule has 1 N–H and O–H groups in total. The summed E-state index contributed by atoms with van der Waals surface area (Å²) in [5, 5.41) is 9.53. The van der Waals surface area contributed by atoms with Crippen molar-refractivity contribution in [2.24, 2.45) is 0 Å². The lowest BCUT2D eigenvalue weighted by Crippen LogP contribution is -2.38. The number of nitrogens with one attached hydrogen (secondary N) is 1. The number of hydrogen-bond acceptors (Lipinski definition) is 6. The molecule has 1 atom stereocenters. The van der Waals surface area contributed by atoms with Crippen molar-refractivity contribution in [3.05, 3.63) is 51.3 Å². The van der Waals surface area contributed by atoms with Gasteiger partial charge in [0, 0.05) is 32.5 Å². The first-order valence-electron chi connectivity index (χ1n) is 12.7. The van der Waals surface area contributed by atoms with E-state index in [9.17, 15) is 9.65 Å². The minimum absolute atomic E-state index is 0.00315. The van der Waals surface area contributed by atoms with Crippen molar-refractivity contribution >= 4 is 39.0 Å². The summed E-state index contributed by atoms with van der Waals surface area (Å²) in [6, 6.07) is -0.912. The summed E-state index contributed by atoms with van der Waals surface area (Å²) in [6.45, 7) is -1.62. The highest BCUT2D eigenvalue weighted by Crippen LogP contribution is 2.32. The van der Waals surface area contributed by atoms with Gasteiger partial charge < -0.3 is 5.31 Å². The van der Waals surface area contributed by atoms with Gasteiger partial charge in [0.1, 0.15) is 28.9 Å². The average Bonchev–Trinajstić information content (AvgIpc) is 3.12. The number of nitrogens with zero attached hydrogens (tertiary/aromatic N) is 4. The third-order valence-electron chi connectivity index (χ3n) is 3.96. The Morgan fingerprint density at radius 1 is 1.57 bits per heavy atom. The summed E-state index contributed by atoms with van der Waals surface area (Å²) >= 11 is 6.96. The molecular weight excluding hydrogens is 397 g/mol. The first-order chi connectivity index (χ1) is 17.1. The molecule has 0 spiro atoms. The van der Waals surface area contributed by atoms with Crippen molar-refractivity contribution in [1.29, 1.82) is 5.26 Å². The fourth-order valence-corrected chi connectivity index (χ4v) is 3.64. The SMILES string of the molecule is [2H]c1c(C([2H])N2CC([2H])([2H])C([2H])(N([2H])c3ncnc4sc(Cl)c([2H])c34)C([2H])([2H])C2)cc(C)c(F)c1C#N. The number of anilines is 1. The molecule has 28 heavy (non-hydrogen) atoms. The average molecular weight is 425 g/mol. The van der Waals surface area contributed by atoms with Crippen molar-refractivity contribution < 1.29 is 16.8 Å². The maximum Gasteiger partial charge on any atom is 0.162 e. The summed E-state index contributed by atoms with van der Waals surface area (Å²) in [5.41, 5.74) is -0.689. The molecule has 1 aliphatic heterocycles. The van der Waals surface area contributed by atoms with Gasteiger partial charge in [-0.15, -0.1) is 11.3 Å². The van der Waals surface area contributed by atoms with Crippen LogP contribution in [0.25, 0.3) is 10.2 Å². The normalized spacial score (nSPS) is 26.1. The molecule has 0 bridgehead atoms. The van der Waals surface area contributed by atoms with Crippen molar-refractivity contribution in [1.82, 2.24) is 14.9 Å². The second kappa shape index (κ2) is 8.00. The van der Waals surface area contributed by atoms with E-state index in [-0.39, 0.29) is 37.5 Å². The smallest absolute Gasteiger partial charge is 0.162 e.